The molecule has 0 spiro atoms. The zero-order valence-electron chi connectivity index (χ0n) is 18.6. The molecule has 3 rings (SSSR count). The van der Waals surface area contributed by atoms with E-state index in [1.807, 2.05) is 54.6 Å². The van der Waals surface area contributed by atoms with Crippen molar-refractivity contribution in [1.82, 2.24) is 5.32 Å². The van der Waals surface area contributed by atoms with E-state index in [-0.39, 0.29) is 30.0 Å². The SMILES string of the molecule is O=C(CCC(=O)OCCCc1ccccc1)NC(=S)Nc1ccc(OC[C@H]2CCCO2)cc1. The molecule has 1 heterocycles. The van der Waals surface area contributed by atoms with Gasteiger partial charge in [-0.05, 0) is 67.7 Å². The fraction of sp³-hybridized carbons (Fsp3) is 0.400. The number of amides is 1. The van der Waals surface area contributed by atoms with Gasteiger partial charge in [0.15, 0.2) is 5.11 Å². The van der Waals surface area contributed by atoms with Crippen LogP contribution < -0.4 is 15.4 Å². The number of carbonyl (C=O) groups is 2. The molecule has 1 amide bonds. The van der Waals surface area contributed by atoms with Crippen LogP contribution in [0.15, 0.2) is 54.6 Å². The van der Waals surface area contributed by atoms with Crippen LogP contribution in [0.3, 0.4) is 0 Å². The summed E-state index contributed by atoms with van der Waals surface area (Å²) in [4.78, 5) is 23.9. The first-order chi connectivity index (χ1) is 16.1. The molecule has 2 N–H and O–H groups in total. The lowest BCUT2D eigenvalue weighted by molar-refractivity contribution is -0.145. The molecule has 33 heavy (non-hydrogen) atoms. The monoisotopic (exact) mass is 470 g/mol. The topological polar surface area (TPSA) is 85.9 Å². The standard InChI is InChI=1S/C25H30N2O5S/c28-23(14-15-24(29)31-17-4-8-19-6-2-1-3-7-19)27-25(33)26-20-10-12-21(13-11-20)32-18-22-9-5-16-30-22/h1-3,6-7,10-13,22H,4-5,8-9,14-18H2,(H2,26,27,28,33)/t22-/m1/s1. The Kier molecular flexibility index (Phi) is 10.1. The van der Waals surface area contributed by atoms with Crippen LogP contribution in [0.4, 0.5) is 5.69 Å². The molecule has 0 radical (unpaired) electrons. The Labute approximate surface area is 199 Å². The Morgan fingerprint density at radius 2 is 1.85 bits per heavy atom. The van der Waals surface area contributed by atoms with Crippen LogP contribution in [0, 0.1) is 0 Å². The van der Waals surface area contributed by atoms with Crippen molar-refractivity contribution in [3.8, 4) is 5.75 Å². The van der Waals surface area contributed by atoms with Gasteiger partial charge in [0, 0.05) is 18.7 Å². The summed E-state index contributed by atoms with van der Waals surface area (Å²) in [7, 11) is 0. The van der Waals surface area contributed by atoms with Crippen LogP contribution in [0.1, 0.15) is 37.7 Å². The molecule has 0 aliphatic carbocycles. The lowest BCUT2D eigenvalue weighted by atomic mass is 10.1. The number of hydrogen-bond donors (Lipinski definition) is 2. The third kappa shape index (κ3) is 9.59. The number of anilines is 1. The summed E-state index contributed by atoms with van der Waals surface area (Å²) >= 11 is 5.17. The average Bonchev–Trinajstić information content (AvgIpc) is 3.34. The van der Waals surface area contributed by atoms with Gasteiger partial charge in [0.05, 0.1) is 19.1 Å². The number of hydrogen-bond acceptors (Lipinski definition) is 6. The van der Waals surface area contributed by atoms with Gasteiger partial charge in [-0.25, -0.2) is 0 Å². The molecule has 0 saturated carbocycles. The van der Waals surface area contributed by atoms with E-state index in [1.165, 1.54) is 5.56 Å². The molecule has 1 fully saturated rings. The summed E-state index contributed by atoms with van der Waals surface area (Å²) in [6.07, 6.45) is 3.88. The first kappa shape index (κ1) is 24.7. The predicted molar refractivity (Wildman–Crippen MR) is 130 cm³/mol. The Hall–Kier alpha value is -2.97. The number of carbonyl (C=O) groups excluding carboxylic acids is 2. The number of rotatable bonds is 11. The number of esters is 1. The van der Waals surface area contributed by atoms with E-state index in [9.17, 15) is 9.59 Å². The molecule has 1 aliphatic rings. The van der Waals surface area contributed by atoms with Gasteiger partial charge in [-0.2, -0.15) is 0 Å². The molecule has 0 aromatic heterocycles. The van der Waals surface area contributed by atoms with Crippen molar-refractivity contribution in [2.24, 2.45) is 0 Å². The highest BCUT2D eigenvalue weighted by atomic mass is 32.1. The Bertz CT molecular complexity index is 899. The number of thiocarbonyl (C=S) groups is 1. The second-order valence-electron chi connectivity index (χ2n) is 7.78. The van der Waals surface area contributed by atoms with Gasteiger partial charge in [-0.15, -0.1) is 0 Å². The third-order valence-electron chi connectivity index (χ3n) is 5.10. The van der Waals surface area contributed by atoms with Gasteiger partial charge < -0.3 is 24.8 Å². The van der Waals surface area contributed by atoms with E-state index >= 15 is 0 Å². The molecule has 0 unspecified atom stereocenters. The number of aryl methyl sites for hydroxylation is 1. The van der Waals surface area contributed by atoms with Gasteiger partial charge >= 0.3 is 5.97 Å². The van der Waals surface area contributed by atoms with E-state index in [1.54, 1.807) is 0 Å². The maximum absolute atomic E-state index is 12.1. The lowest BCUT2D eigenvalue weighted by Gasteiger charge is -2.13. The van der Waals surface area contributed by atoms with Crippen LogP contribution in [-0.4, -0.2) is 42.9 Å². The zero-order valence-corrected chi connectivity index (χ0v) is 19.4. The summed E-state index contributed by atoms with van der Waals surface area (Å²) in [5.41, 5.74) is 1.93. The van der Waals surface area contributed by atoms with Crippen molar-refractivity contribution in [2.45, 2.75) is 44.6 Å². The number of ether oxygens (including phenoxy) is 3. The summed E-state index contributed by atoms with van der Waals surface area (Å²) in [6.45, 7) is 1.68. The molecule has 176 valence electrons. The minimum atomic E-state index is -0.393. The second-order valence-corrected chi connectivity index (χ2v) is 8.19. The predicted octanol–water partition coefficient (Wildman–Crippen LogP) is 4.01. The minimum Gasteiger partial charge on any atom is -0.491 e. The first-order valence-corrected chi connectivity index (χ1v) is 11.6. The van der Waals surface area contributed by atoms with Crippen LogP contribution in [0.5, 0.6) is 5.75 Å². The molecule has 1 saturated heterocycles. The fourth-order valence-corrected chi connectivity index (χ4v) is 3.58. The van der Waals surface area contributed by atoms with Crippen molar-refractivity contribution < 1.29 is 23.8 Å². The first-order valence-electron chi connectivity index (χ1n) is 11.2. The second kappa shape index (κ2) is 13.5. The van der Waals surface area contributed by atoms with Crippen LogP contribution in [0.2, 0.25) is 0 Å². The molecule has 1 atom stereocenters. The molecule has 0 bridgehead atoms. The van der Waals surface area contributed by atoms with Gasteiger partial charge in [0.25, 0.3) is 0 Å². The molecule has 8 heteroatoms. The smallest absolute Gasteiger partial charge is 0.306 e. The highest BCUT2D eigenvalue weighted by molar-refractivity contribution is 7.80. The van der Waals surface area contributed by atoms with Crippen molar-refractivity contribution >= 4 is 34.9 Å². The Morgan fingerprint density at radius 3 is 2.58 bits per heavy atom. The minimum absolute atomic E-state index is 0.00928. The molecule has 7 nitrogen and oxygen atoms in total. The van der Waals surface area contributed by atoms with Crippen molar-refractivity contribution in [3.63, 3.8) is 0 Å². The van der Waals surface area contributed by atoms with Crippen molar-refractivity contribution in [2.75, 3.05) is 25.1 Å². The van der Waals surface area contributed by atoms with E-state index in [0.29, 0.717) is 13.2 Å². The van der Waals surface area contributed by atoms with Crippen LogP contribution in [0.25, 0.3) is 0 Å². The highest BCUT2D eigenvalue weighted by Gasteiger charge is 2.16. The molecule has 2 aromatic rings. The van der Waals surface area contributed by atoms with Crippen LogP contribution in [-0.2, 0) is 25.5 Å². The lowest BCUT2D eigenvalue weighted by Crippen LogP contribution is -2.34. The maximum Gasteiger partial charge on any atom is 0.306 e. The normalized spacial score (nSPS) is 15.0. The van der Waals surface area contributed by atoms with E-state index in [2.05, 4.69) is 10.6 Å². The summed E-state index contributed by atoms with van der Waals surface area (Å²) in [5, 5.41) is 5.69. The zero-order chi connectivity index (χ0) is 23.3. The van der Waals surface area contributed by atoms with E-state index in [4.69, 9.17) is 26.4 Å². The van der Waals surface area contributed by atoms with Crippen molar-refractivity contribution in [1.29, 1.82) is 0 Å². The fourth-order valence-electron chi connectivity index (χ4n) is 3.35. The van der Waals surface area contributed by atoms with Gasteiger partial charge in [-0.3, -0.25) is 9.59 Å². The number of benzene rings is 2. The number of nitrogens with one attached hydrogen (secondary N) is 2. The molecule has 2 aromatic carbocycles. The van der Waals surface area contributed by atoms with Crippen molar-refractivity contribution in [3.05, 3.63) is 60.2 Å². The molecule has 1 aliphatic heterocycles. The average molecular weight is 471 g/mol. The van der Waals surface area contributed by atoms with Gasteiger partial charge in [0.2, 0.25) is 5.91 Å². The van der Waals surface area contributed by atoms with Gasteiger partial charge in [0.1, 0.15) is 12.4 Å². The molecular weight excluding hydrogens is 440 g/mol. The quantitative estimate of drug-likeness (QED) is 0.291. The summed E-state index contributed by atoms with van der Waals surface area (Å²) in [5.74, 6) is 0.00854. The Balaban J connectivity index is 1.26. The molecular formula is C25H30N2O5S. The maximum atomic E-state index is 12.1. The van der Waals surface area contributed by atoms with Crippen LogP contribution >= 0.6 is 12.2 Å². The summed E-state index contributed by atoms with van der Waals surface area (Å²) < 4.78 is 16.5. The van der Waals surface area contributed by atoms with E-state index in [0.717, 1.165) is 43.7 Å². The highest BCUT2D eigenvalue weighted by Crippen LogP contribution is 2.18. The van der Waals surface area contributed by atoms with E-state index < -0.39 is 5.97 Å². The largest absolute Gasteiger partial charge is 0.491 e. The summed E-state index contributed by atoms with van der Waals surface area (Å²) in [6, 6.07) is 17.3. The Morgan fingerprint density at radius 1 is 1.06 bits per heavy atom. The third-order valence-corrected chi connectivity index (χ3v) is 5.30. The van der Waals surface area contributed by atoms with Gasteiger partial charge in [-0.1, -0.05) is 30.3 Å².